The number of hydrogen-bond acceptors (Lipinski definition) is 7. The zero-order valence-electron chi connectivity index (χ0n) is 8.50. The first-order valence-electron chi connectivity index (χ1n) is 4.18. The van der Waals surface area contributed by atoms with Gasteiger partial charge in [-0.05, 0) is 12.8 Å². The minimum Gasteiger partial charge on any atom is -0.550 e. The largest absolute Gasteiger partial charge is 2.00 e. The topological polar surface area (TPSA) is 159 Å². The van der Waals surface area contributed by atoms with Crippen molar-refractivity contribution in [1.82, 2.24) is 12.3 Å². The van der Waals surface area contributed by atoms with E-state index in [4.69, 9.17) is 4.74 Å². The van der Waals surface area contributed by atoms with Gasteiger partial charge in [-0.3, -0.25) is 0 Å². The van der Waals surface area contributed by atoms with Crippen LogP contribution in [0.4, 0.5) is 0 Å². The molecule has 2 aliphatic heterocycles. The molecule has 0 radical (unpaired) electrons. The van der Waals surface area contributed by atoms with Crippen molar-refractivity contribution in [3.05, 3.63) is 0 Å². The monoisotopic (exact) mass is 413 g/mol. The van der Waals surface area contributed by atoms with E-state index >= 15 is 0 Å². The molecule has 8 heteroatoms. The average molecular weight is 413 g/mol. The summed E-state index contributed by atoms with van der Waals surface area (Å²) in [7, 11) is 0. The Bertz CT molecular complexity index is 249. The molecule has 0 aromatic rings. The van der Waals surface area contributed by atoms with Crippen LogP contribution in [-0.4, -0.2) is 24.1 Å². The molecule has 16 heavy (non-hydrogen) atoms. The van der Waals surface area contributed by atoms with Gasteiger partial charge in [-0.1, -0.05) is 0 Å². The molecular weight excluding hydrogens is 399 g/mol. The minimum absolute atomic E-state index is 0. The van der Waals surface area contributed by atoms with Gasteiger partial charge in [0.25, 0.3) is 0 Å². The molecule has 0 aromatic carbocycles. The summed E-state index contributed by atoms with van der Waals surface area (Å²) in [6.45, 7) is 0. The van der Waals surface area contributed by atoms with Crippen LogP contribution in [0, 0.1) is 11.8 Å². The molecule has 6 N–H and O–H groups in total. The summed E-state index contributed by atoms with van der Waals surface area (Å²) in [4.78, 5) is 21.2. The molecule has 4 atom stereocenters. The second-order valence-corrected chi connectivity index (χ2v) is 3.48. The standard InChI is InChI=1S/C8H10O5.2H3N.Pt/c9-7(10)5-3-1-2-4(13-3)6(5)8(11)12;;;/h3-6H,1-2H2,(H,9,10)(H,11,12);2*1H3;/q;;;+2/p-2. The average Bonchev–Trinajstić information content (AvgIpc) is 2.60. The Balaban J connectivity index is 0. The van der Waals surface area contributed by atoms with Crippen LogP contribution in [0.3, 0.4) is 0 Å². The molecular formula is C8H14N2O5Pt. The Labute approximate surface area is 107 Å². The van der Waals surface area contributed by atoms with Gasteiger partial charge in [0.15, 0.2) is 0 Å². The molecule has 2 saturated heterocycles. The van der Waals surface area contributed by atoms with E-state index in [1.807, 2.05) is 0 Å². The maximum Gasteiger partial charge on any atom is 2.00 e. The van der Waals surface area contributed by atoms with Crippen molar-refractivity contribution < 1.29 is 45.6 Å². The molecule has 0 saturated carbocycles. The summed E-state index contributed by atoms with van der Waals surface area (Å²) in [6, 6.07) is 0. The number of fused-ring (bicyclic) bond motifs is 2. The Morgan fingerprint density at radius 3 is 1.50 bits per heavy atom. The zero-order chi connectivity index (χ0) is 9.59. The van der Waals surface area contributed by atoms with E-state index in [0.717, 1.165) is 0 Å². The van der Waals surface area contributed by atoms with Gasteiger partial charge >= 0.3 is 21.1 Å². The smallest absolute Gasteiger partial charge is 0.550 e. The van der Waals surface area contributed by atoms with Crippen molar-refractivity contribution >= 4 is 11.9 Å². The fourth-order valence-corrected chi connectivity index (χ4v) is 2.28. The van der Waals surface area contributed by atoms with Crippen LogP contribution in [0.1, 0.15) is 12.8 Å². The molecule has 0 aliphatic carbocycles. The molecule has 2 rings (SSSR count). The van der Waals surface area contributed by atoms with Crippen LogP contribution in [0.15, 0.2) is 0 Å². The summed E-state index contributed by atoms with van der Waals surface area (Å²) in [6.07, 6.45) is 0.232. The summed E-state index contributed by atoms with van der Waals surface area (Å²) in [5.41, 5.74) is 0. The number of carbonyl (C=O) groups excluding carboxylic acids is 2. The van der Waals surface area contributed by atoms with Crippen LogP contribution < -0.4 is 22.5 Å². The molecule has 0 amide bonds. The molecule has 2 bridgehead atoms. The van der Waals surface area contributed by atoms with Gasteiger partial charge < -0.3 is 36.8 Å². The van der Waals surface area contributed by atoms with Crippen molar-refractivity contribution in [3.63, 3.8) is 0 Å². The van der Waals surface area contributed by atoms with Gasteiger partial charge in [0, 0.05) is 23.8 Å². The van der Waals surface area contributed by atoms with E-state index in [9.17, 15) is 19.8 Å². The first-order valence-corrected chi connectivity index (χ1v) is 4.18. The molecule has 96 valence electrons. The van der Waals surface area contributed by atoms with Gasteiger partial charge in [0.2, 0.25) is 0 Å². The van der Waals surface area contributed by atoms with Crippen molar-refractivity contribution in [2.45, 2.75) is 25.0 Å². The fraction of sp³-hybridized carbons (Fsp3) is 0.750. The van der Waals surface area contributed by atoms with Gasteiger partial charge in [-0.25, -0.2) is 0 Å². The number of carboxylic acids is 2. The van der Waals surface area contributed by atoms with E-state index in [1.54, 1.807) is 0 Å². The quantitative estimate of drug-likeness (QED) is 0.510. The van der Waals surface area contributed by atoms with Gasteiger partial charge in [0.1, 0.15) is 0 Å². The number of hydrogen-bond donors (Lipinski definition) is 2. The van der Waals surface area contributed by atoms with Gasteiger partial charge in [0.05, 0.1) is 12.2 Å². The molecule has 7 nitrogen and oxygen atoms in total. The van der Waals surface area contributed by atoms with Crippen molar-refractivity contribution in [2.24, 2.45) is 11.8 Å². The second-order valence-electron chi connectivity index (χ2n) is 3.48. The summed E-state index contributed by atoms with van der Waals surface area (Å²) in [5, 5.41) is 21.2. The maximum atomic E-state index is 10.6. The number of aliphatic carboxylic acids is 2. The molecule has 4 unspecified atom stereocenters. The molecule has 2 aliphatic rings. The second kappa shape index (κ2) is 6.29. The van der Waals surface area contributed by atoms with Crippen LogP contribution >= 0.6 is 0 Å². The van der Waals surface area contributed by atoms with E-state index < -0.39 is 36.0 Å². The summed E-state index contributed by atoms with van der Waals surface area (Å²) >= 11 is 0. The van der Waals surface area contributed by atoms with Crippen LogP contribution in [0.5, 0.6) is 0 Å². The number of carbonyl (C=O) groups is 2. The predicted molar refractivity (Wildman–Crippen MR) is 44.9 cm³/mol. The third kappa shape index (κ3) is 2.60. The Hall–Kier alpha value is -0.492. The fourth-order valence-electron chi connectivity index (χ4n) is 2.28. The van der Waals surface area contributed by atoms with E-state index in [2.05, 4.69) is 0 Å². The van der Waals surface area contributed by atoms with Crippen molar-refractivity contribution in [3.8, 4) is 0 Å². The molecule has 0 spiro atoms. The Kier molecular flexibility index (Phi) is 7.04. The predicted octanol–water partition coefficient (Wildman–Crippen LogP) is -2.40. The first-order chi connectivity index (χ1) is 6.11. The van der Waals surface area contributed by atoms with Gasteiger partial charge in [-0.15, -0.1) is 0 Å². The summed E-state index contributed by atoms with van der Waals surface area (Å²) < 4.78 is 5.18. The van der Waals surface area contributed by atoms with Crippen LogP contribution in [0.25, 0.3) is 0 Å². The van der Waals surface area contributed by atoms with E-state index in [0.29, 0.717) is 12.8 Å². The van der Waals surface area contributed by atoms with E-state index in [1.165, 1.54) is 0 Å². The van der Waals surface area contributed by atoms with E-state index in [-0.39, 0.29) is 33.4 Å². The SMILES string of the molecule is N.N.O=C([O-])C1C2CCC(O2)C1C(=O)[O-].[Pt+2]. The minimum atomic E-state index is -1.35. The Morgan fingerprint density at radius 2 is 1.25 bits per heavy atom. The van der Waals surface area contributed by atoms with Gasteiger partial charge in [-0.2, -0.15) is 0 Å². The number of rotatable bonds is 2. The van der Waals surface area contributed by atoms with Crippen LogP contribution in [0.2, 0.25) is 0 Å². The molecule has 0 aromatic heterocycles. The van der Waals surface area contributed by atoms with Crippen molar-refractivity contribution in [2.75, 3.05) is 0 Å². The molecule has 2 heterocycles. The first kappa shape index (κ1) is 17.9. The molecule has 2 fully saturated rings. The number of carboxylic acid groups (broad SMARTS) is 2. The van der Waals surface area contributed by atoms with Crippen LogP contribution in [-0.2, 0) is 35.4 Å². The zero-order valence-corrected chi connectivity index (χ0v) is 10.8. The normalized spacial score (nSPS) is 34.2. The number of ether oxygens (including phenoxy) is 1. The Morgan fingerprint density at radius 1 is 0.938 bits per heavy atom. The van der Waals surface area contributed by atoms with Crippen molar-refractivity contribution in [1.29, 1.82) is 0 Å². The summed E-state index contributed by atoms with van der Waals surface area (Å²) in [5.74, 6) is -4.74. The third-order valence-corrected chi connectivity index (χ3v) is 2.82. The third-order valence-electron chi connectivity index (χ3n) is 2.82. The maximum absolute atomic E-state index is 10.6.